The minimum atomic E-state index is -0.432. The van der Waals surface area contributed by atoms with E-state index >= 15 is 0 Å². The Morgan fingerprint density at radius 2 is 2.10 bits per heavy atom. The Hall–Kier alpha value is -2.63. The first-order valence-electron chi connectivity index (χ1n) is 6.40. The zero-order chi connectivity index (χ0) is 15.6. The first-order valence-corrected chi connectivity index (χ1v) is 6.40. The molecule has 0 atom stereocenters. The van der Waals surface area contributed by atoms with Crippen LogP contribution in [-0.2, 0) is 4.74 Å². The van der Waals surface area contributed by atoms with E-state index in [4.69, 9.17) is 0 Å². The molecule has 0 saturated heterocycles. The van der Waals surface area contributed by atoms with Crippen molar-refractivity contribution in [1.82, 2.24) is 14.3 Å². The van der Waals surface area contributed by atoms with Gasteiger partial charge in [0.1, 0.15) is 11.3 Å². The molecule has 0 saturated carbocycles. The summed E-state index contributed by atoms with van der Waals surface area (Å²) in [6.45, 7) is 1.77. The van der Waals surface area contributed by atoms with E-state index in [2.05, 4.69) is 9.72 Å². The number of carbonyl (C=O) groups is 2. The molecule has 110 valence electrons. The normalized spacial score (nSPS) is 11.0. The van der Waals surface area contributed by atoms with Crippen molar-refractivity contribution < 1.29 is 14.3 Å². The number of hydrogen-bond acceptors (Lipinski definition) is 5. The van der Waals surface area contributed by atoms with Gasteiger partial charge in [-0.05, 0) is 19.1 Å². The lowest BCUT2D eigenvalue weighted by atomic mass is 10.2. The molecule has 0 unspecified atom stereocenters. The van der Waals surface area contributed by atoms with Crippen LogP contribution in [0.25, 0.3) is 5.65 Å². The summed E-state index contributed by atoms with van der Waals surface area (Å²) >= 11 is 0. The second kappa shape index (κ2) is 5.78. The number of ketones is 1. The molecule has 0 bridgehead atoms. The number of aryl methyl sites for hydroxylation is 1. The van der Waals surface area contributed by atoms with Gasteiger partial charge in [0, 0.05) is 32.6 Å². The van der Waals surface area contributed by atoms with Crippen LogP contribution in [0, 0.1) is 6.92 Å². The molecular weight excluding hydrogens is 270 g/mol. The number of carbonyl (C=O) groups excluding carboxylic acids is 2. The van der Waals surface area contributed by atoms with Gasteiger partial charge in [0.05, 0.1) is 18.4 Å². The van der Waals surface area contributed by atoms with Crippen molar-refractivity contribution in [2.75, 3.05) is 21.2 Å². The molecule has 2 heterocycles. The SMILES string of the molecule is COC(=O)c1ccn2c(C(=O)/C=C/N(C)C)c(C)nc2c1. The Labute approximate surface area is 122 Å². The molecule has 0 spiro atoms. The van der Waals surface area contributed by atoms with E-state index in [1.54, 1.807) is 40.8 Å². The molecule has 0 aliphatic carbocycles. The van der Waals surface area contributed by atoms with Crippen LogP contribution in [0.3, 0.4) is 0 Å². The number of pyridine rings is 1. The summed E-state index contributed by atoms with van der Waals surface area (Å²) < 4.78 is 6.35. The molecule has 0 radical (unpaired) electrons. The number of ether oxygens (including phenoxy) is 1. The summed E-state index contributed by atoms with van der Waals surface area (Å²) in [5.74, 6) is -0.571. The number of methoxy groups -OCH3 is 1. The number of fused-ring (bicyclic) bond motifs is 1. The van der Waals surface area contributed by atoms with Gasteiger partial charge in [-0.1, -0.05) is 0 Å². The summed E-state index contributed by atoms with van der Waals surface area (Å²) in [5.41, 5.74) is 2.04. The molecule has 2 rings (SSSR count). The zero-order valence-electron chi connectivity index (χ0n) is 12.5. The quantitative estimate of drug-likeness (QED) is 0.486. The van der Waals surface area contributed by atoms with E-state index in [9.17, 15) is 9.59 Å². The van der Waals surface area contributed by atoms with Gasteiger partial charge in [-0.3, -0.25) is 9.20 Å². The topological polar surface area (TPSA) is 63.9 Å². The fraction of sp³-hybridized carbons (Fsp3) is 0.267. The van der Waals surface area contributed by atoms with Crippen LogP contribution in [0.2, 0.25) is 0 Å². The van der Waals surface area contributed by atoms with Crippen LogP contribution in [-0.4, -0.2) is 47.2 Å². The Morgan fingerprint density at radius 3 is 2.71 bits per heavy atom. The van der Waals surface area contributed by atoms with Gasteiger partial charge in [0.2, 0.25) is 5.78 Å². The van der Waals surface area contributed by atoms with Gasteiger partial charge in [0.25, 0.3) is 0 Å². The van der Waals surface area contributed by atoms with Crippen molar-refractivity contribution in [3.63, 3.8) is 0 Å². The smallest absolute Gasteiger partial charge is 0.338 e. The molecule has 0 aliphatic rings. The summed E-state index contributed by atoms with van der Waals surface area (Å²) in [5, 5.41) is 0. The Balaban J connectivity index is 2.49. The molecule has 0 aliphatic heterocycles. The van der Waals surface area contributed by atoms with E-state index in [-0.39, 0.29) is 5.78 Å². The highest BCUT2D eigenvalue weighted by molar-refractivity contribution is 6.04. The molecule has 0 aromatic carbocycles. The van der Waals surface area contributed by atoms with Crippen LogP contribution in [0.1, 0.15) is 26.5 Å². The van der Waals surface area contributed by atoms with E-state index in [0.717, 1.165) is 0 Å². The average molecular weight is 287 g/mol. The molecule has 6 nitrogen and oxygen atoms in total. The molecule has 21 heavy (non-hydrogen) atoms. The van der Waals surface area contributed by atoms with E-state index < -0.39 is 5.97 Å². The minimum Gasteiger partial charge on any atom is -0.465 e. The van der Waals surface area contributed by atoms with Gasteiger partial charge in [-0.15, -0.1) is 0 Å². The maximum Gasteiger partial charge on any atom is 0.338 e. The lowest BCUT2D eigenvalue weighted by Gasteiger charge is -2.04. The average Bonchev–Trinajstić information content (AvgIpc) is 2.78. The second-order valence-corrected chi connectivity index (χ2v) is 4.82. The van der Waals surface area contributed by atoms with Crippen molar-refractivity contribution >= 4 is 17.4 Å². The molecule has 0 N–H and O–H groups in total. The van der Waals surface area contributed by atoms with Crippen molar-refractivity contribution in [3.8, 4) is 0 Å². The highest BCUT2D eigenvalue weighted by Crippen LogP contribution is 2.15. The van der Waals surface area contributed by atoms with Crippen molar-refractivity contribution in [2.45, 2.75) is 6.92 Å². The van der Waals surface area contributed by atoms with E-state index in [1.807, 2.05) is 14.1 Å². The van der Waals surface area contributed by atoms with Crippen LogP contribution >= 0.6 is 0 Å². The number of allylic oxidation sites excluding steroid dienone is 1. The Bertz CT molecular complexity index is 729. The van der Waals surface area contributed by atoms with Gasteiger partial charge >= 0.3 is 5.97 Å². The molecule has 0 fully saturated rings. The summed E-state index contributed by atoms with van der Waals surface area (Å²) in [7, 11) is 5.01. The molecule has 2 aromatic heterocycles. The highest BCUT2D eigenvalue weighted by Gasteiger charge is 2.16. The Kier molecular flexibility index (Phi) is 4.07. The van der Waals surface area contributed by atoms with Crippen molar-refractivity contribution in [2.24, 2.45) is 0 Å². The fourth-order valence-corrected chi connectivity index (χ4v) is 2.00. The summed E-state index contributed by atoms with van der Waals surface area (Å²) in [4.78, 5) is 29.9. The van der Waals surface area contributed by atoms with Crippen LogP contribution in [0.5, 0.6) is 0 Å². The van der Waals surface area contributed by atoms with Crippen molar-refractivity contribution in [1.29, 1.82) is 0 Å². The highest BCUT2D eigenvalue weighted by atomic mass is 16.5. The van der Waals surface area contributed by atoms with Gasteiger partial charge < -0.3 is 9.64 Å². The number of esters is 1. The fourth-order valence-electron chi connectivity index (χ4n) is 2.00. The number of rotatable bonds is 4. The van der Waals surface area contributed by atoms with E-state index in [1.165, 1.54) is 13.2 Å². The first-order chi connectivity index (χ1) is 9.93. The molecule has 2 aromatic rings. The largest absolute Gasteiger partial charge is 0.465 e. The van der Waals surface area contributed by atoms with Gasteiger partial charge in [0.15, 0.2) is 0 Å². The van der Waals surface area contributed by atoms with Crippen molar-refractivity contribution in [3.05, 3.63) is 47.6 Å². The number of nitrogens with zero attached hydrogens (tertiary/aromatic N) is 3. The third kappa shape index (κ3) is 2.94. The van der Waals surface area contributed by atoms with Crippen LogP contribution in [0.15, 0.2) is 30.6 Å². The third-order valence-electron chi connectivity index (χ3n) is 2.98. The maximum absolute atomic E-state index is 12.3. The monoisotopic (exact) mass is 287 g/mol. The van der Waals surface area contributed by atoms with Crippen LogP contribution in [0.4, 0.5) is 0 Å². The van der Waals surface area contributed by atoms with E-state index in [0.29, 0.717) is 22.6 Å². The predicted molar refractivity (Wildman–Crippen MR) is 78.4 cm³/mol. The summed E-state index contributed by atoms with van der Waals surface area (Å²) in [6.07, 6.45) is 4.83. The zero-order valence-corrected chi connectivity index (χ0v) is 12.5. The molecule has 6 heteroatoms. The lowest BCUT2D eigenvalue weighted by molar-refractivity contribution is 0.0600. The second-order valence-electron chi connectivity index (χ2n) is 4.82. The lowest BCUT2D eigenvalue weighted by Crippen LogP contribution is -2.07. The number of imidazole rings is 1. The summed E-state index contributed by atoms with van der Waals surface area (Å²) in [6, 6.07) is 3.21. The number of aromatic nitrogens is 2. The van der Waals surface area contributed by atoms with Gasteiger partial charge in [-0.25, -0.2) is 9.78 Å². The maximum atomic E-state index is 12.3. The molecular formula is C15H17N3O3. The minimum absolute atomic E-state index is 0.139. The third-order valence-corrected chi connectivity index (χ3v) is 2.98. The standard InChI is InChI=1S/C15H17N3O3/c1-10-14(12(19)6-7-17(2)3)18-8-5-11(15(20)21-4)9-13(18)16-10/h5-9H,1-4H3/b7-6+. The van der Waals surface area contributed by atoms with Gasteiger partial charge in [-0.2, -0.15) is 0 Å². The first kappa shape index (κ1) is 14.8. The van der Waals surface area contributed by atoms with Crippen LogP contribution < -0.4 is 0 Å². The Morgan fingerprint density at radius 1 is 1.38 bits per heavy atom. The number of hydrogen-bond donors (Lipinski definition) is 0. The molecule has 0 amide bonds. The predicted octanol–water partition coefficient (Wildman–Crippen LogP) is 1.69.